The minimum absolute atomic E-state index is 0.156. The summed E-state index contributed by atoms with van der Waals surface area (Å²) in [4.78, 5) is 16.7. The standard InChI is InChI=1S/C21H20ClN3O2/c1-14-5-3-4-6-16(14)13-24-21(26)15-9-10-23-20(11-15)25-17-7-8-19(27-2)18(22)12-17/h3-12H,13H2,1-2H3,(H,23,25)(H,24,26). The van der Waals surface area contributed by atoms with Gasteiger partial charge < -0.3 is 15.4 Å². The molecule has 2 aromatic carbocycles. The fourth-order valence-corrected chi connectivity index (χ4v) is 2.88. The van der Waals surface area contributed by atoms with Gasteiger partial charge in [0.15, 0.2) is 0 Å². The van der Waals surface area contributed by atoms with Crippen LogP contribution in [-0.2, 0) is 6.54 Å². The summed E-state index contributed by atoms with van der Waals surface area (Å²) in [6.45, 7) is 2.50. The molecule has 0 radical (unpaired) electrons. The van der Waals surface area contributed by atoms with Crippen LogP contribution in [0, 0.1) is 6.92 Å². The number of halogens is 1. The van der Waals surface area contributed by atoms with Crippen molar-refractivity contribution in [3.8, 4) is 5.75 Å². The monoisotopic (exact) mass is 381 g/mol. The zero-order valence-electron chi connectivity index (χ0n) is 15.1. The van der Waals surface area contributed by atoms with E-state index in [2.05, 4.69) is 15.6 Å². The topological polar surface area (TPSA) is 63.2 Å². The molecule has 0 aliphatic carbocycles. The Morgan fingerprint density at radius 3 is 2.70 bits per heavy atom. The number of ether oxygens (including phenoxy) is 1. The SMILES string of the molecule is COc1ccc(Nc2cc(C(=O)NCc3ccccc3C)ccn2)cc1Cl. The molecular formula is C21H20ClN3O2. The van der Waals surface area contributed by atoms with Crippen LogP contribution < -0.4 is 15.4 Å². The number of carbonyl (C=O) groups excluding carboxylic acids is 1. The summed E-state index contributed by atoms with van der Waals surface area (Å²) in [5.74, 6) is 0.996. The van der Waals surface area contributed by atoms with Crippen LogP contribution in [0.15, 0.2) is 60.8 Å². The quantitative estimate of drug-likeness (QED) is 0.648. The lowest BCUT2D eigenvalue weighted by atomic mass is 10.1. The minimum Gasteiger partial charge on any atom is -0.495 e. The highest BCUT2D eigenvalue weighted by atomic mass is 35.5. The molecule has 0 saturated carbocycles. The van der Waals surface area contributed by atoms with Gasteiger partial charge in [-0.05, 0) is 48.4 Å². The lowest BCUT2D eigenvalue weighted by Gasteiger charge is -2.10. The second kappa shape index (κ2) is 8.56. The van der Waals surface area contributed by atoms with Gasteiger partial charge in [0.2, 0.25) is 0 Å². The molecule has 1 aromatic heterocycles. The normalized spacial score (nSPS) is 10.3. The summed E-state index contributed by atoms with van der Waals surface area (Å²) >= 11 is 6.14. The maximum absolute atomic E-state index is 12.5. The van der Waals surface area contributed by atoms with Gasteiger partial charge in [-0.2, -0.15) is 0 Å². The van der Waals surface area contributed by atoms with E-state index in [1.165, 1.54) is 0 Å². The average Bonchev–Trinajstić information content (AvgIpc) is 2.67. The van der Waals surface area contributed by atoms with E-state index in [-0.39, 0.29) is 5.91 Å². The van der Waals surface area contributed by atoms with Gasteiger partial charge in [-0.15, -0.1) is 0 Å². The molecule has 0 atom stereocenters. The molecule has 0 saturated heterocycles. The Labute approximate surface area is 163 Å². The van der Waals surface area contributed by atoms with Crippen molar-refractivity contribution in [2.75, 3.05) is 12.4 Å². The Balaban J connectivity index is 1.68. The van der Waals surface area contributed by atoms with Gasteiger partial charge in [-0.3, -0.25) is 4.79 Å². The number of anilines is 2. The summed E-state index contributed by atoms with van der Waals surface area (Å²) in [5, 5.41) is 6.58. The third-order valence-corrected chi connectivity index (χ3v) is 4.44. The molecule has 0 fully saturated rings. The Hall–Kier alpha value is -3.05. The van der Waals surface area contributed by atoms with Gasteiger partial charge in [0.05, 0.1) is 12.1 Å². The third-order valence-electron chi connectivity index (χ3n) is 4.15. The van der Waals surface area contributed by atoms with Gasteiger partial charge >= 0.3 is 0 Å². The van der Waals surface area contributed by atoms with Crippen LogP contribution in [0.25, 0.3) is 0 Å². The molecule has 5 nitrogen and oxygen atoms in total. The number of aromatic nitrogens is 1. The van der Waals surface area contributed by atoms with Crippen LogP contribution in [0.1, 0.15) is 21.5 Å². The maximum Gasteiger partial charge on any atom is 0.251 e. The summed E-state index contributed by atoms with van der Waals surface area (Å²) in [7, 11) is 1.56. The van der Waals surface area contributed by atoms with Crippen LogP contribution in [-0.4, -0.2) is 18.0 Å². The maximum atomic E-state index is 12.5. The van der Waals surface area contributed by atoms with E-state index in [0.717, 1.165) is 16.8 Å². The highest BCUT2D eigenvalue weighted by Gasteiger charge is 2.09. The van der Waals surface area contributed by atoms with Gasteiger partial charge in [0.25, 0.3) is 5.91 Å². The first kappa shape index (κ1) is 18.7. The first-order valence-corrected chi connectivity index (χ1v) is 8.84. The number of methoxy groups -OCH3 is 1. The molecule has 6 heteroatoms. The predicted octanol–water partition coefficient (Wildman–Crippen LogP) is 4.73. The number of nitrogens with one attached hydrogen (secondary N) is 2. The lowest BCUT2D eigenvalue weighted by molar-refractivity contribution is 0.0951. The number of hydrogen-bond donors (Lipinski definition) is 2. The lowest BCUT2D eigenvalue weighted by Crippen LogP contribution is -2.23. The summed E-state index contributed by atoms with van der Waals surface area (Å²) < 4.78 is 5.14. The number of aryl methyl sites for hydroxylation is 1. The smallest absolute Gasteiger partial charge is 0.251 e. The first-order valence-electron chi connectivity index (χ1n) is 8.46. The summed E-state index contributed by atoms with van der Waals surface area (Å²) in [5.41, 5.74) is 3.52. The molecule has 138 valence electrons. The Bertz CT molecular complexity index is 960. The van der Waals surface area contributed by atoms with Crippen molar-refractivity contribution in [1.82, 2.24) is 10.3 Å². The number of rotatable bonds is 6. The molecule has 0 unspecified atom stereocenters. The Morgan fingerprint density at radius 1 is 1.15 bits per heavy atom. The molecule has 3 rings (SSSR count). The van der Waals surface area contributed by atoms with E-state index >= 15 is 0 Å². The fraction of sp³-hybridized carbons (Fsp3) is 0.143. The highest BCUT2D eigenvalue weighted by Crippen LogP contribution is 2.28. The van der Waals surface area contributed by atoms with Crippen LogP contribution in [0.2, 0.25) is 5.02 Å². The number of amides is 1. The minimum atomic E-state index is -0.156. The average molecular weight is 382 g/mol. The third kappa shape index (κ3) is 4.77. The molecule has 0 bridgehead atoms. The molecule has 0 aliphatic rings. The molecule has 0 aliphatic heterocycles. The predicted molar refractivity (Wildman–Crippen MR) is 108 cm³/mol. The number of carbonyl (C=O) groups is 1. The van der Waals surface area contributed by atoms with Crippen molar-refractivity contribution in [2.45, 2.75) is 13.5 Å². The zero-order valence-corrected chi connectivity index (χ0v) is 15.9. The highest BCUT2D eigenvalue weighted by molar-refractivity contribution is 6.32. The molecule has 1 amide bonds. The Morgan fingerprint density at radius 2 is 1.96 bits per heavy atom. The largest absolute Gasteiger partial charge is 0.495 e. The van der Waals surface area contributed by atoms with Crippen molar-refractivity contribution in [2.24, 2.45) is 0 Å². The molecule has 3 aromatic rings. The molecular weight excluding hydrogens is 362 g/mol. The number of benzene rings is 2. The Kier molecular flexibility index (Phi) is 5.94. The summed E-state index contributed by atoms with van der Waals surface area (Å²) in [6, 6.07) is 16.7. The summed E-state index contributed by atoms with van der Waals surface area (Å²) in [6.07, 6.45) is 1.59. The van der Waals surface area contributed by atoms with Gasteiger partial charge in [-0.1, -0.05) is 35.9 Å². The first-order chi connectivity index (χ1) is 13.1. The van der Waals surface area contributed by atoms with Crippen LogP contribution in [0.3, 0.4) is 0 Å². The van der Waals surface area contributed by atoms with E-state index in [0.29, 0.717) is 28.7 Å². The van der Waals surface area contributed by atoms with Crippen molar-refractivity contribution >= 4 is 29.0 Å². The van der Waals surface area contributed by atoms with Crippen LogP contribution in [0.5, 0.6) is 5.75 Å². The van der Waals surface area contributed by atoms with Crippen LogP contribution >= 0.6 is 11.6 Å². The van der Waals surface area contributed by atoms with E-state index in [1.807, 2.05) is 37.3 Å². The van der Waals surface area contributed by atoms with E-state index in [4.69, 9.17) is 16.3 Å². The van der Waals surface area contributed by atoms with Crippen molar-refractivity contribution in [3.05, 3.63) is 82.5 Å². The van der Waals surface area contributed by atoms with E-state index in [1.54, 1.807) is 37.6 Å². The van der Waals surface area contributed by atoms with Gasteiger partial charge in [-0.25, -0.2) is 4.98 Å². The van der Waals surface area contributed by atoms with E-state index < -0.39 is 0 Å². The fourth-order valence-electron chi connectivity index (χ4n) is 2.62. The molecule has 0 spiro atoms. The van der Waals surface area contributed by atoms with Gasteiger partial charge in [0.1, 0.15) is 11.6 Å². The zero-order chi connectivity index (χ0) is 19.2. The van der Waals surface area contributed by atoms with Gasteiger partial charge in [0, 0.05) is 24.0 Å². The van der Waals surface area contributed by atoms with Crippen molar-refractivity contribution in [1.29, 1.82) is 0 Å². The second-order valence-corrected chi connectivity index (χ2v) is 6.42. The van der Waals surface area contributed by atoms with E-state index in [9.17, 15) is 4.79 Å². The number of pyridine rings is 1. The number of nitrogens with zero attached hydrogens (tertiary/aromatic N) is 1. The molecule has 27 heavy (non-hydrogen) atoms. The van der Waals surface area contributed by atoms with Crippen molar-refractivity contribution in [3.63, 3.8) is 0 Å². The van der Waals surface area contributed by atoms with Crippen LogP contribution in [0.4, 0.5) is 11.5 Å². The molecule has 2 N–H and O–H groups in total. The second-order valence-electron chi connectivity index (χ2n) is 6.01. The number of hydrogen-bond acceptors (Lipinski definition) is 4. The van der Waals surface area contributed by atoms with Crippen molar-refractivity contribution < 1.29 is 9.53 Å². The molecule has 1 heterocycles.